The second-order valence-corrected chi connectivity index (χ2v) is 9.52. The van der Waals surface area contributed by atoms with Gasteiger partial charge in [-0.3, -0.25) is 9.59 Å². The zero-order valence-electron chi connectivity index (χ0n) is 19.6. The van der Waals surface area contributed by atoms with Crippen LogP contribution in [-0.4, -0.2) is 36.9 Å². The monoisotopic (exact) mass is 443 g/mol. The minimum atomic E-state index is -0.475. The number of anilines is 2. The number of carbonyl (C=O) groups excluding carboxylic acids is 2. The van der Waals surface area contributed by atoms with E-state index in [-0.39, 0.29) is 17.9 Å². The lowest BCUT2D eigenvalue weighted by Gasteiger charge is -2.35. The topological polar surface area (TPSA) is 52.7 Å². The Hall–Kier alpha value is -2.53. The van der Waals surface area contributed by atoms with E-state index in [0.29, 0.717) is 22.8 Å². The van der Waals surface area contributed by atoms with E-state index >= 15 is 0 Å². The van der Waals surface area contributed by atoms with E-state index in [9.17, 15) is 9.59 Å². The summed E-state index contributed by atoms with van der Waals surface area (Å²) < 4.78 is 0. The maximum Gasteiger partial charge on any atom is 0.257 e. The van der Waals surface area contributed by atoms with Crippen molar-refractivity contribution in [1.29, 1.82) is 0 Å². The van der Waals surface area contributed by atoms with Crippen molar-refractivity contribution in [3.05, 3.63) is 58.6 Å². The Balaban J connectivity index is 2.39. The van der Waals surface area contributed by atoms with Gasteiger partial charge in [0, 0.05) is 43.5 Å². The number of carbonyl (C=O) groups is 2. The van der Waals surface area contributed by atoms with Gasteiger partial charge in [-0.2, -0.15) is 0 Å². The van der Waals surface area contributed by atoms with Gasteiger partial charge in [-0.05, 0) is 49.2 Å². The summed E-state index contributed by atoms with van der Waals surface area (Å²) in [5.41, 5.74) is 2.59. The maximum atomic E-state index is 13.2. The molecule has 0 spiro atoms. The molecule has 0 saturated heterocycles. The number of nitrogens with one attached hydrogen (secondary N) is 1. The summed E-state index contributed by atoms with van der Waals surface area (Å²) >= 11 is 6.17. The van der Waals surface area contributed by atoms with Crippen molar-refractivity contribution in [2.24, 2.45) is 5.41 Å². The quantitative estimate of drug-likeness (QED) is 0.585. The van der Waals surface area contributed by atoms with Gasteiger partial charge in [0.05, 0.1) is 10.6 Å². The van der Waals surface area contributed by atoms with E-state index in [0.717, 1.165) is 17.7 Å². The first-order valence-electron chi connectivity index (χ1n) is 10.6. The van der Waals surface area contributed by atoms with E-state index in [1.807, 2.05) is 62.9 Å². The highest BCUT2D eigenvalue weighted by Crippen LogP contribution is 2.29. The molecule has 1 atom stereocenters. The maximum absolute atomic E-state index is 13.2. The van der Waals surface area contributed by atoms with Gasteiger partial charge in [0.15, 0.2) is 0 Å². The molecule has 0 aliphatic carbocycles. The summed E-state index contributed by atoms with van der Waals surface area (Å²) in [5, 5.41) is 3.34. The molecule has 6 heteroatoms. The Morgan fingerprint density at radius 3 is 2.29 bits per heavy atom. The van der Waals surface area contributed by atoms with E-state index in [1.54, 1.807) is 24.3 Å². The molecule has 0 aromatic heterocycles. The molecule has 0 aliphatic rings. The normalized spacial score (nSPS) is 12.3. The molecule has 2 amide bonds. The molecule has 2 rings (SSSR count). The molecule has 0 saturated carbocycles. The fraction of sp³-hybridized carbons (Fsp3) is 0.440. The lowest BCUT2D eigenvalue weighted by molar-refractivity contribution is -0.142. The van der Waals surface area contributed by atoms with Crippen LogP contribution in [0.4, 0.5) is 11.4 Å². The van der Waals surface area contributed by atoms with Gasteiger partial charge in [-0.15, -0.1) is 0 Å². The predicted molar refractivity (Wildman–Crippen MR) is 130 cm³/mol. The van der Waals surface area contributed by atoms with Gasteiger partial charge in [0.2, 0.25) is 5.91 Å². The predicted octanol–water partition coefficient (Wildman–Crippen LogP) is 5.83. The summed E-state index contributed by atoms with van der Waals surface area (Å²) in [5.74, 6) is -0.157. The molecule has 5 nitrogen and oxygen atoms in total. The smallest absolute Gasteiger partial charge is 0.257 e. The first-order chi connectivity index (χ1) is 14.5. The van der Waals surface area contributed by atoms with Gasteiger partial charge in [-0.25, -0.2) is 0 Å². The molecular formula is C25H34ClN3O2. The number of hydrogen-bond acceptors (Lipinski definition) is 3. The third-order valence-electron chi connectivity index (χ3n) is 5.30. The number of rotatable bonds is 7. The first-order valence-corrected chi connectivity index (χ1v) is 11.0. The molecule has 168 valence electrons. The second kappa shape index (κ2) is 10.2. The summed E-state index contributed by atoms with van der Waals surface area (Å²) in [6, 6.07) is 12.8. The molecule has 0 fully saturated rings. The summed E-state index contributed by atoms with van der Waals surface area (Å²) in [4.78, 5) is 29.8. The van der Waals surface area contributed by atoms with Crippen LogP contribution in [0, 0.1) is 5.41 Å². The van der Waals surface area contributed by atoms with E-state index in [1.165, 1.54) is 0 Å². The van der Waals surface area contributed by atoms with Crippen molar-refractivity contribution in [1.82, 2.24) is 4.90 Å². The molecule has 2 aromatic carbocycles. The molecule has 31 heavy (non-hydrogen) atoms. The number of amides is 2. The Kier molecular flexibility index (Phi) is 8.13. The van der Waals surface area contributed by atoms with Crippen LogP contribution in [0.3, 0.4) is 0 Å². The van der Waals surface area contributed by atoms with Crippen LogP contribution in [0.25, 0.3) is 0 Å². The highest BCUT2D eigenvalue weighted by Gasteiger charge is 2.30. The second-order valence-electron chi connectivity index (χ2n) is 9.11. The van der Waals surface area contributed by atoms with Gasteiger partial charge in [0.25, 0.3) is 5.91 Å². The molecular weight excluding hydrogens is 410 g/mol. The summed E-state index contributed by atoms with van der Waals surface area (Å²) in [6.07, 6.45) is 0.863. The number of benzene rings is 2. The van der Waals surface area contributed by atoms with Crippen LogP contribution in [0.5, 0.6) is 0 Å². The Labute approximate surface area is 191 Å². The fourth-order valence-corrected chi connectivity index (χ4v) is 3.55. The van der Waals surface area contributed by atoms with Crippen LogP contribution < -0.4 is 10.2 Å². The van der Waals surface area contributed by atoms with Crippen molar-refractivity contribution < 1.29 is 9.59 Å². The molecule has 0 radical (unpaired) electrons. The highest BCUT2D eigenvalue weighted by atomic mass is 35.5. The third-order valence-corrected chi connectivity index (χ3v) is 5.63. The average Bonchev–Trinajstić information content (AvgIpc) is 2.70. The van der Waals surface area contributed by atoms with Gasteiger partial charge >= 0.3 is 0 Å². The van der Waals surface area contributed by atoms with Crippen molar-refractivity contribution >= 4 is 34.8 Å². The lowest BCUT2D eigenvalue weighted by Crippen LogP contribution is -2.44. The number of nitrogens with zero attached hydrogens (tertiary/aromatic N) is 2. The summed E-state index contributed by atoms with van der Waals surface area (Å²) in [7, 11) is 3.94. The van der Waals surface area contributed by atoms with E-state index in [4.69, 9.17) is 11.6 Å². The molecule has 0 bridgehead atoms. The Morgan fingerprint density at radius 1 is 1.10 bits per heavy atom. The standard InChI is InChI=1S/C25H34ClN3O2/c1-8-17(2)29(24(31)25(3,4)5)16-18-15-19(13-14-22(18)28(6)7)27-23(30)20-11-9-10-12-21(20)26/h9-15,17H,8,16H2,1-7H3,(H,27,30)/t17-/m0/s1. The molecule has 1 N–H and O–H groups in total. The van der Waals surface area contributed by atoms with Crippen molar-refractivity contribution in [3.8, 4) is 0 Å². The zero-order valence-corrected chi connectivity index (χ0v) is 20.4. The minimum Gasteiger partial charge on any atom is -0.377 e. The minimum absolute atomic E-state index is 0.100. The molecule has 2 aromatic rings. The largest absolute Gasteiger partial charge is 0.377 e. The average molecular weight is 444 g/mol. The molecule has 0 unspecified atom stereocenters. The van der Waals surface area contributed by atoms with Crippen LogP contribution >= 0.6 is 11.6 Å². The van der Waals surface area contributed by atoms with Crippen molar-refractivity contribution in [2.45, 2.75) is 53.6 Å². The summed E-state index contributed by atoms with van der Waals surface area (Å²) in [6.45, 7) is 10.4. The highest BCUT2D eigenvalue weighted by molar-refractivity contribution is 6.34. The SMILES string of the molecule is CC[C@H](C)N(Cc1cc(NC(=O)c2ccccc2Cl)ccc1N(C)C)C(=O)C(C)(C)C. The van der Waals surface area contributed by atoms with Gasteiger partial charge in [0.1, 0.15) is 0 Å². The number of hydrogen-bond donors (Lipinski definition) is 1. The van der Waals surface area contributed by atoms with Crippen LogP contribution in [-0.2, 0) is 11.3 Å². The van der Waals surface area contributed by atoms with Crippen molar-refractivity contribution in [2.75, 3.05) is 24.3 Å². The van der Waals surface area contributed by atoms with Gasteiger partial charge in [-0.1, -0.05) is 51.4 Å². The molecule has 0 heterocycles. The fourth-order valence-electron chi connectivity index (χ4n) is 3.33. The van der Waals surface area contributed by atoms with Crippen LogP contribution in [0.2, 0.25) is 5.02 Å². The van der Waals surface area contributed by atoms with Gasteiger partial charge < -0.3 is 15.1 Å². The molecule has 0 aliphatic heterocycles. The third kappa shape index (κ3) is 6.23. The van der Waals surface area contributed by atoms with E-state index < -0.39 is 5.41 Å². The Bertz CT molecular complexity index is 935. The van der Waals surface area contributed by atoms with Crippen molar-refractivity contribution in [3.63, 3.8) is 0 Å². The van der Waals surface area contributed by atoms with Crippen LogP contribution in [0.15, 0.2) is 42.5 Å². The van der Waals surface area contributed by atoms with Crippen LogP contribution in [0.1, 0.15) is 57.0 Å². The lowest BCUT2D eigenvalue weighted by atomic mass is 9.93. The van der Waals surface area contributed by atoms with E-state index in [2.05, 4.69) is 19.2 Å². The number of halogens is 1. The Morgan fingerprint density at radius 2 is 1.74 bits per heavy atom. The zero-order chi connectivity index (χ0) is 23.3. The first kappa shape index (κ1) is 24.7.